The summed E-state index contributed by atoms with van der Waals surface area (Å²) in [6, 6.07) is 11.7. The average molecular weight is 399 g/mol. The zero-order valence-electron chi connectivity index (χ0n) is 16.9. The Morgan fingerprint density at radius 2 is 1.72 bits per heavy atom. The summed E-state index contributed by atoms with van der Waals surface area (Å²) < 4.78 is 5.21. The summed E-state index contributed by atoms with van der Waals surface area (Å²) in [4.78, 5) is 50.8. The summed E-state index contributed by atoms with van der Waals surface area (Å²) in [7, 11) is 0. The van der Waals surface area contributed by atoms with Crippen molar-refractivity contribution in [2.24, 2.45) is 5.92 Å². The standard InChI is InChI=1S/C21H25N3O5/c1-13(10-14-8-6-5-7-9-14)18(26)23-24-19(27)16-11-15(12-17(25)22-16)20(28)29-21(2,3)4/h5-9,11-13H,10H2,1-4H3,(H,22,25)(H,23,26)(H,24,27)/t13-/m0/s1. The fourth-order valence-electron chi connectivity index (χ4n) is 2.49. The van der Waals surface area contributed by atoms with Crippen molar-refractivity contribution in [1.82, 2.24) is 15.8 Å². The van der Waals surface area contributed by atoms with Crippen molar-refractivity contribution in [3.8, 4) is 0 Å². The van der Waals surface area contributed by atoms with Crippen LogP contribution in [0.4, 0.5) is 0 Å². The molecule has 2 rings (SSSR count). The first-order valence-electron chi connectivity index (χ1n) is 9.17. The molecule has 154 valence electrons. The number of carbonyl (C=O) groups excluding carboxylic acids is 3. The molecule has 0 aliphatic rings. The first-order valence-corrected chi connectivity index (χ1v) is 9.17. The van der Waals surface area contributed by atoms with Crippen LogP contribution in [0.1, 0.15) is 54.1 Å². The third kappa shape index (κ3) is 6.91. The van der Waals surface area contributed by atoms with Gasteiger partial charge in [-0.05, 0) is 38.8 Å². The number of ether oxygens (including phenoxy) is 1. The largest absolute Gasteiger partial charge is 0.456 e. The highest BCUT2D eigenvalue weighted by molar-refractivity contribution is 5.97. The van der Waals surface area contributed by atoms with E-state index in [2.05, 4.69) is 15.8 Å². The Balaban J connectivity index is 2.00. The molecule has 0 fully saturated rings. The minimum atomic E-state index is -0.757. The van der Waals surface area contributed by atoms with Crippen molar-refractivity contribution < 1.29 is 19.1 Å². The van der Waals surface area contributed by atoms with Gasteiger partial charge in [-0.3, -0.25) is 25.2 Å². The van der Waals surface area contributed by atoms with Gasteiger partial charge in [0.1, 0.15) is 11.3 Å². The Bertz CT molecular complexity index is 945. The van der Waals surface area contributed by atoms with Gasteiger partial charge in [-0.1, -0.05) is 37.3 Å². The summed E-state index contributed by atoms with van der Waals surface area (Å²) in [5.41, 5.74) is 3.96. The SMILES string of the molecule is C[C@@H](Cc1ccccc1)C(=O)NNC(=O)c1cc(C(=O)OC(C)(C)C)cc(=O)[nH]1. The highest BCUT2D eigenvalue weighted by Crippen LogP contribution is 2.12. The van der Waals surface area contributed by atoms with Crippen molar-refractivity contribution in [1.29, 1.82) is 0 Å². The van der Waals surface area contributed by atoms with E-state index in [1.165, 1.54) is 6.07 Å². The molecular formula is C21H25N3O5. The maximum Gasteiger partial charge on any atom is 0.338 e. The number of rotatable bonds is 5. The van der Waals surface area contributed by atoms with Crippen molar-refractivity contribution in [2.45, 2.75) is 39.7 Å². The molecule has 0 aliphatic heterocycles. The van der Waals surface area contributed by atoms with Gasteiger partial charge < -0.3 is 9.72 Å². The molecule has 1 atom stereocenters. The molecule has 1 aromatic carbocycles. The molecule has 0 spiro atoms. The number of esters is 1. The Kier molecular flexibility index (Phi) is 6.93. The first kappa shape index (κ1) is 21.9. The maximum absolute atomic E-state index is 12.3. The van der Waals surface area contributed by atoms with Crippen LogP contribution in [0.2, 0.25) is 0 Å². The number of pyridine rings is 1. The highest BCUT2D eigenvalue weighted by atomic mass is 16.6. The predicted octanol–water partition coefficient (Wildman–Crippen LogP) is 1.97. The van der Waals surface area contributed by atoms with Crippen LogP contribution in [0.25, 0.3) is 0 Å². The van der Waals surface area contributed by atoms with Crippen LogP contribution in [-0.2, 0) is 16.0 Å². The lowest BCUT2D eigenvalue weighted by molar-refractivity contribution is -0.125. The maximum atomic E-state index is 12.3. The van der Waals surface area contributed by atoms with Crippen LogP contribution in [-0.4, -0.2) is 28.4 Å². The molecule has 29 heavy (non-hydrogen) atoms. The van der Waals surface area contributed by atoms with E-state index in [-0.39, 0.29) is 23.1 Å². The van der Waals surface area contributed by atoms with Gasteiger partial charge in [-0.2, -0.15) is 0 Å². The Morgan fingerprint density at radius 1 is 1.07 bits per heavy atom. The Hall–Kier alpha value is -3.42. The lowest BCUT2D eigenvalue weighted by atomic mass is 10.0. The third-order valence-corrected chi connectivity index (χ3v) is 3.86. The molecular weight excluding hydrogens is 374 g/mol. The molecule has 1 heterocycles. The van der Waals surface area contributed by atoms with Gasteiger partial charge in [0.25, 0.3) is 5.91 Å². The molecule has 0 bridgehead atoms. The van der Waals surface area contributed by atoms with E-state index in [0.717, 1.165) is 11.6 Å². The summed E-state index contributed by atoms with van der Waals surface area (Å²) in [5, 5.41) is 0. The summed E-state index contributed by atoms with van der Waals surface area (Å²) >= 11 is 0. The van der Waals surface area contributed by atoms with E-state index in [4.69, 9.17) is 4.74 Å². The van der Waals surface area contributed by atoms with E-state index >= 15 is 0 Å². The number of amides is 2. The Labute approximate surface area is 168 Å². The van der Waals surface area contributed by atoms with E-state index in [1.54, 1.807) is 27.7 Å². The van der Waals surface area contributed by atoms with Gasteiger partial charge in [0.2, 0.25) is 11.5 Å². The predicted molar refractivity (Wildman–Crippen MR) is 107 cm³/mol. The highest BCUT2D eigenvalue weighted by Gasteiger charge is 2.20. The second kappa shape index (κ2) is 9.18. The van der Waals surface area contributed by atoms with Crippen LogP contribution in [0.5, 0.6) is 0 Å². The van der Waals surface area contributed by atoms with Crippen LogP contribution < -0.4 is 16.4 Å². The number of aromatic nitrogens is 1. The summed E-state index contributed by atoms with van der Waals surface area (Å²) in [6.45, 7) is 6.81. The molecule has 0 radical (unpaired) electrons. The molecule has 8 heteroatoms. The first-order chi connectivity index (χ1) is 13.5. The molecule has 0 saturated heterocycles. The molecule has 2 aromatic rings. The second-order valence-electron chi connectivity index (χ2n) is 7.68. The number of nitrogens with one attached hydrogen (secondary N) is 3. The average Bonchev–Trinajstić information content (AvgIpc) is 2.64. The van der Waals surface area contributed by atoms with Crippen LogP contribution in [0, 0.1) is 5.92 Å². The lowest BCUT2D eigenvalue weighted by Crippen LogP contribution is -2.45. The van der Waals surface area contributed by atoms with Gasteiger partial charge in [0.05, 0.1) is 5.56 Å². The smallest absolute Gasteiger partial charge is 0.338 e. The fraction of sp³-hybridized carbons (Fsp3) is 0.333. The topological polar surface area (TPSA) is 117 Å². The number of hydrogen-bond acceptors (Lipinski definition) is 5. The molecule has 0 aliphatic carbocycles. The number of benzene rings is 1. The van der Waals surface area contributed by atoms with Gasteiger partial charge in [0.15, 0.2) is 0 Å². The molecule has 0 saturated carbocycles. The second-order valence-corrected chi connectivity index (χ2v) is 7.68. The van der Waals surface area contributed by atoms with E-state index in [1.807, 2.05) is 30.3 Å². The third-order valence-electron chi connectivity index (χ3n) is 3.86. The number of hydrogen-bond donors (Lipinski definition) is 3. The minimum Gasteiger partial charge on any atom is -0.456 e. The number of hydrazine groups is 1. The quantitative estimate of drug-likeness (QED) is 0.525. The van der Waals surface area contributed by atoms with Crippen LogP contribution in [0.3, 0.4) is 0 Å². The van der Waals surface area contributed by atoms with Crippen LogP contribution in [0.15, 0.2) is 47.3 Å². The van der Waals surface area contributed by atoms with Gasteiger partial charge in [-0.15, -0.1) is 0 Å². The molecule has 2 amide bonds. The molecule has 1 aromatic heterocycles. The summed E-state index contributed by atoms with van der Waals surface area (Å²) in [5.74, 6) is -2.25. The molecule has 8 nitrogen and oxygen atoms in total. The number of carbonyl (C=O) groups is 3. The number of H-pyrrole nitrogens is 1. The van der Waals surface area contributed by atoms with E-state index in [9.17, 15) is 19.2 Å². The summed E-state index contributed by atoms with van der Waals surface area (Å²) in [6.07, 6.45) is 0.507. The van der Waals surface area contributed by atoms with Crippen LogP contribution >= 0.6 is 0 Å². The van der Waals surface area contributed by atoms with Crippen molar-refractivity contribution in [3.05, 3.63) is 69.6 Å². The monoisotopic (exact) mass is 399 g/mol. The van der Waals surface area contributed by atoms with E-state index in [0.29, 0.717) is 6.42 Å². The Morgan fingerprint density at radius 3 is 2.34 bits per heavy atom. The van der Waals surface area contributed by atoms with Crippen molar-refractivity contribution in [3.63, 3.8) is 0 Å². The number of aromatic amines is 1. The van der Waals surface area contributed by atoms with Gasteiger partial charge >= 0.3 is 5.97 Å². The van der Waals surface area contributed by atoms with E-state index < -0.39 is 23.0 Å². The van der Waals surface area contributed by atoms with Crippen molar-refractivity contribution >= 4 is 17.8 Å². The lowest BCUT2D eigenvalue weighted by Gasteiger charge is -2.19. The minimum absolute atomic E-state index is 0.0578. The fourth-order valence-corrected chi connectivity index (χ4v) is 2.49. The zero-order chi connectivity index (χ0) is 21.6. The van der Waals surface area contributed by atoms with Crippen molar-refractivity contribution in [2.75, 3.05) is 0 Å². The van der Waals surface area contributed by atoms with Gasteiger partial charge in [-0.25, -0.2) is 4.79 Å². The van der Waals surface area contributed by atoms with Gasteiger partial charge in [0, 0.05) is 12.0 Å². The normalized spacial score (nSPS) is 12.0. The zero-order valence-corrected chi connectivity index (χ0v) is 16.9. The molecule has 3 N–H and O–H groups in total. The molecule has 0 unspecified atom stereocenters.